The lowest BCUT2D eigenvalue weighted by atomic mass is 10.1. The molecule has 112 valence electrons. The molecule has 0 aliphatic carbocycles. The number of hydrogen-bond donors (Lipinski definition) is 1. The molecule has 0 spiro atoms. The van der Waals surface area contributed by atoms with Gasteiger partial charge in [0.1, 0.15) is 0 Å². The van der Waals surface area contributed by atoms with Crippen molar-refractivity contribution < 1.29 is 9.47 Å². The predicted octanol–water partition coefficient (Wildman–Crippen LogP) is 2.56. The molecule has 1 aromatic heterocycles. The average Bonchev–Trinajstić information content (AvgIpc) is 3.09. The van der Waals surface area contributed by atoms with Crippen molar-refractivity contribution in [2.24, 2.45) is 7.05 Å². The van der Waals surface area contributed by atoms with Gasteiger partial charge in [-0.05, 0) is 31.0 Å². The maximum atomic E-state index is 5.43. The second kappa shape index (κ2) is 5.77. The molecule has 5 heteroatoms. The van der Waals surface area contributed by atoms with Gasteiger partial charge in [0.05, 0.1) is 5.69 Å². The van der Waals surface area contributed by atoms with Crippen LogP contribution in [0.1, 0.15) is 36.7 Å². The zero-order chi connectivity index (χ0) is 14.8. The SMILES string of the molecule is CCc1nn(C)cc1CNC(C)c1ccc2c(c1)OCO2. The van der Waals surface area contributed by atoms with E-state index in [4.69, 9.17) is 9.47 Å². The highest BCUT2D eigenvalue weighted by Crippen LogP contribution is 2.34. The molecule has 3 rings (SSSR count). The van der Waals surface area contributed by atoms with Gasteiger partial charge in [-0.3, -0.25) is 4.68 Å². The molecule has 1 aromatic carbocycles. The van der Waals surface area contributed by atoms with Crippen LogP contribution in [-0.4, -0.2) is 16.6 Å². The summed E-state index contributed by atoms with van der Waals surface area (Å²) in [5.74, 6) is 1.66. The average molecular weight is 287 g/mol. The molecule has 2 aromatic rings. The Hall–Kier alpha value is -2.01. The second-order valence-electron chi connectivity index (χ2n) is 5.34. The van der Waals surface area contributed by atoms with Crippen molar-refractivity contribution >= 4 is 0 Å². The van der Waals surface area contributed by atoms with E-state index in [1.165, 1.54) is 11.1 Å². The van der Waals surface area contributed by atoms with Gasteiger partial charge in [-0.25, -0.2) is 0 Å². The molecule has 0 amide bonds. The third kappa shape index (κ3) is 2.88. The van der Waals surface area contributed by atoms with Crippen LogP contribution in [0.15, 0.2) is 24.4 Å². The van der Waals surface area contributed by atoms with Gasteiger partial charge >= 0.3 is 0 Å². The molecule has 1 atom stereocenters. The quantitative estimate of drug-likeness (QED) is 0.918. The maximum Gasteiger partial charge on any atom is 0.231 e. The highest BCUT2D eigenvalue weighted by Gasteiger charge is 2.16. The van der Waals surface area contributed by atoms with E-state index < -0.39 is 0 Å². The molecule has 1 N–H and O–H groups in total. The van der Waals surface area contributed by atoms with Crippen LogP contribution in [0, 0.1) is 0 Å². The molecule has 0 radical (unpaired) electrons. The third-order valence-corrected chi connectivity index (χ3v) is 3.82. The monoisotopic (exact) mass is 287 g/mol. The first kappa shape index (κ1) is 13.9. The number of aromatic nitrogens is 2. The van der Waals surface area contributed by atoms with Gasteiger partial charge in [0.15, 0.2) is 11.5 Å². The zero-order valence-electron chi connectivity index (χ0n) is 12.7. The van der Waals surface area contributed by atoms with Gasteiger partial charge in [-0.1, -0.05) is 13.0 Å². The molecule has 0 saturated heterocycles. The first-order valence-corrected chi connectivity index (χ1v) is 7.31. The van der Waals surface area contributed by atoms with Crippen molar-refractivity contribution in [2.45, 2.75) is 32.9 Å². The van der Waals surface area contributed by atoms with E-state index in [1.54, 1.807) is 0 Å². The summed E-state index contributed by atoms with van der Waals surface area (Å²) in [5.41, 5.74) is 3.61. The van der Waals surface area contributed by atoms with E-state index in [0.717, 1.165) is 30.2 Å². The van der Waals surface area contributed by atoms with Crippen LogP contribution in [0.3, 0.4) is 0 Å². The summed E-state index contributed by atoms with van der Waals surface area (Å²) in [5, 5.41) is 8.01. The van der Waals surface area contributed by atoms with Crippen molar-refractivity contribution in [3.63, 3.8) is 0 Å². The summed E-state index contributed by atoms with van der Waals surface area (Å²) in [6.07, 6.45) is 3.04. The van der Waals surface area contributed by atoms with Crippen LogP contribution in [0.4, 0.5) is 0 Å². The van der Waals surface area contributed by atoms with Crippen LogP contribution in [0.5, 0.6) is 11.5 Å². The molecule has 21 heavy (non-hydrogen) atoms. The van der Waals surface area contributed by atoms with Crippen LogP contribution >= 0.6 is 0 Å². The lowest BCUT2D eigenvalue weighted by molar-refractivity contribution is 0.174. The van der Waals surface area contributed by atoms with E-state index in [1.807, 2.05) is 23.9 Å². The largest absolute Gasteiger partial charge is 0.454 e. The Kier molecular flexibility index (Phi) is 3.84. The van der Waals surface area contributed by atoms with Crippen LogP contribution in [0.2, 0.25) is 0 Å². The molecule has 1 aliphatic heterocycles. The molecule has 1 unspecified atom stereocenters. The molecule has 5 nitrogen and oxygen atoms in total. The molecule has 1 aliphatic rings. The Bertz CT molecular complexity index is 636. The highest BCUT2D eigenvalue weighted by molar-refractivity contribution is 5.45. The lowest BCUT2D eigenvalue weighted by Gasteiger charge is -2.14. The Balaban J connectivity index is 1.67. The van der Waals surface area contributed by atoms with Crippen molar-refractivity contribution in [3.05, 3.63) is 41.2 Å². The predicted molar refractivity (Wildman–Crippen MR) is 80.4 cm³/mol. The highest BCUT2D eigenvalue weighted by atomic mass is 16.7. The summed E-state index contributed by atoms with van der Waals surface area (Å²) in [6.45, 7) is 5.41. The van der Waals surface area contributed by atoms with E-state index >= 15 is 0 Å². The fraction of sp³-hybridized carbons (Fsp3) is 0.438. The van der Waals surface area contributed by atoms with E-state index in [-0.39, 0.29) is 6.04 Å². The molecule has 0 fully saturated rings. The van der Waals surface area contributed by atoms with Gasteiger partial charge in [-0.15, -0.1) is 0 Å². The standard InChI is InChI=1S/C16H21N3O2/c1-4-14-13(9-19(3)18-14)8-17-11(2)12-5-6-15-16(7-12)21-10-20-15/h5-7,9,11,17H,4,8,10H2,1-3H3. The number of benzene rings is 1. The molecule has 2 heterocycles. The van der Waals surface area contributed by atoms with Gasteiger partial charge in [0.2, 0.25) is 6.79 Å². The number of hydrogen-bond acceptors (Lipinski definition) is 4. The van der Waals surface area contributed by atoms with Crippen molar-refractivity contribution in [2.75, 3.05) is 6.79 Å². The Morgan fingerprint density at radius 1 is 1.33 bits per heavy atom. The summed E-state index contributed by atoms with van der Waals surface area (Å²) in [7, 11) is 1.96. The summed E-state index contributed by atoms with van der Waals surface area (Å²) in [6, 6.07) is 6.33. The summed E-state index contributed by atoms with van der Waals surface area (Å²) < 4.78 is 12.6. The third-order valence-electron chi connectivity index (χ3n) is 3.82. The smallest absolute Gasteiger partial charge is 0.231 e. The normalized spacial score (nSPS) is 14.4. The minimum absolute atomic E-state index is 0.240. The van der Waals surface area contributed by atoms with Gasteiger partial charge in [0, 0.05) is 31.4 Å². The Morgan fingerprint density at radius 3 is 2.95 bits per heavy atom. The van der Waals surface area contributed by atoms with Crippen LogP contribution in [0.25, 0.3) is 0 Å². The minimum Gasteiger partial charge on any atom is -0.454 e. The fourth-order valence-electron chi connectivity index (χ4n) is 2.59. The van der Waals surface area contributed by atoms with Crippen LogP contribution in [-0.2, 0) is 20.0 Å². The molecular formula is C16H21N3O2. The lowest BCUT2D eigenvalue weighted by Crippen LogP contribution is -2.18. The van der Waals surface area contributed by atoms with Crippen molar-refractivity contribution in [1.29, 1.82) is 0 Å². The van der Waals surface area contributed by atoms with Gasteiger partial charge < -0.3 is 14.8 Å². The Labute approximate surface area is 124 Å². The van der Waals surface area contributed by atoms with Crippen molar-refractivity contribution in [3.8, 4) is 11.5 Å². The first-order chi connectivity index (χ1) is 10.2. The number of nitrogens with zero attached hydrogens (tertiary/aromatic N) is 2. The van der Waals surface area contributed by atoms with Crippen molar-refractivity contribution in [1.82, 2.24) is 15.1 Å². The minimum atomic E-state index is 0.240. The maximum absolute atomic E-state index is 5.43. The van der Waals surface area contributed by atoms with E-state index in [2.05, 4.69) is 36.5 Å². The summed E-state index contributed by atoms with van der Waals surface area (Å²) in [4.78, 5) is 0. The molecule has 0 saturated carbocycles. The Morgan fingerprint density at radius 2 is 2.14 bits per heavy atom. The topological polar surface area (TPSA) is 48.3 Å². The summed E-state index contributed by atoms with van der Waals surface area (Å²) >= 11 is 0. The number of ether oxygens (including phenoxy) is 2. The van der Waals surface area contributed by atoms with E-state index in [9.17, 15) is 0 Å². The van der Waals surface area contributed by atoms with Crippen LogP contribution < -0.4 is 14.8 Å². The second-order valence-corrected chi connectivity index (χ2v) is 5.34. The first-order valence-electron chi connectivity index (χ1n) is 7.31. The van der Waals surface area contributed by atoms with E-state index in [0.29, 0.717) is 6.79 Å². The fourth-order valence-corrected chi connectivity index (χ4v) is 2.59. The zero-order valence-corrected chi connectivity index (χ0v) is 12.7. The molecular weight excluding hydrogens is 266 g/mol. The number of fused-ring (bicyclic) bond motifs is 1. The van der Waals surface area contributed by atoms with Gasteiger partial charge in [0.25, 0.3) is 0 Å². The number of rotatable bonds is 5. The number of nitrogens with one attached hydrogen (secondary N) is 1. The number of aryl methyl sites for hydroxylation is 2. The molecule has 0 bridgehead atoms. The van der Waals surface area contributed by atoms with Gasteiger partial charge in [-0.2, -0.15) is 5.10 Å².